The molecule has 3 heterocycles. The van der Waals surface area contributed by atoms with Gasteiger partial charge < -0.3 is 0 Å². The zero-order valence-electron chi connectivity index (χ0n) is 12.0. The number of para-hydroxylation sites is 2. The van der Waals surface area contributed by atoms with Gasteiger partial charge in [0.2, 0.25) is 0 Å². The van der Waals surface area contributed by atoms with Crippen LogP contribution in [-0.2, 0) is 9.05 Å². The monoisotopic (exact) mass is 313 g/mol. The van der Waals surface area contributed by atoms with Crippen molar-refractivity contribution in [2.45, 2.75) is 5.66 Å². The van der Waals surface area contributed by atoms with Crippen molar-refractivity contribution in [3.63, 3.8) is 0 Å². The van der Waals surface area contributed by atoms with Crippen LogP contribution in [-0.4, -0.2) is 13.2 Å². The summed E-state index contributed by atoms with van der Waals surface area (Å²) >= 11 is 0. The second kappa shape index (κ2) is 4.11. The summed E-state index contributed by atoms with van der Waals surface area (Å²) in [5.74, 6) is 0.840. The molecule has 1 saturated heterocycles. The summed E-state index contributed by atoms with van der Waals surface area (Å²) in [5.41, 5.74) is 2.16. The normalized spacial score (nSPS) is 27.9. The molecule has 0 radical (unpaired) electrons. The van der Waals surface area contributed by atoms with Gasteiger partial charge in [-0.2, -0.15) is 0 Å². The third kappa shape index (κ3) is 1.33. The molecule has 1 fully saturated rings. The summed E-state index contributed by atoms with van der Waals surface area (Å²) in [4.78, 5) is 0. The number of hydrogen-bond acceptors (Lipinski definition) is 4. The van der Waals surface area contributed by atoms with Crippen molar-refractivity contribution >= 4 is 13.1 Å². The average Bonchev–Trinajstić information content (AvgIpc) is 3.20. The van der Waals surface area contributed by atoms with Crippen LogP contribution < -0.4 is 9.19 Å². The van der Waals surface area contributed by atoms with E-state index >= 15 is 0 Å². The molecule has 0 aromatic heterocycles. The first-order valence-electron chi connectivity index (χ1n) is 7.46. The zero-order valence-corrected chi connectivity index (χ0v) is 12.9. The molecule has 2 aromatic rings. The molecule has 3 aliphatic rings. The number of allylic oxidation sites excluding steroid dienone is 1. The number of hydrogen-bond donors (Lipinski definition) is 0. The van der Waals surface area contributed by atoms with E-state index in [1.54, 1.807) is 0 Å². The van der Waals surface area contributed by atoms with Crippen molar-refractivity contribution in [3.8, 4) is 5.75 Å². The molecular formula is C17H16NO3P. The summed E-state index contributed by atoms with van der Waals surface area (Å²) in [5, 5.41) is 0. The van der Waals surface area contributed by atoms with Gasteiger partial charge >= 0.3 is 128 Å². The first kappa shape index (κ1) is 12.7. The van der Waals surface area contributed by atoms with Crippen LogP contribution in [0.4, 0.5) is 5.69 Å². The van der Waals surface area contributed by atoms with Gasteiger partial charge in [0.25, 0.3) is 0 Å². The van der Waals surface area contributed by atoms with Crippen LogP contribution in [0.15, 0.2) is 66.9 Å². The molecule has 0 bridgehead atoms. The standard InChI is InChI=1S/C17H16NO3P/c1-2-6-14(7-3-1)17-10-11-18-15-8-4-5-9-16(15)21-22(17,18)19-12-13-20-22/h1-11,17H,12-13H2. The van der Waals surface area contributed by atoms with E-state index in [0.717, 1.165) is 17.0 Å². The predicted octanol–water partition coefficient (Wildman–Crippen LogP) is 4.41. The van der Waals surface area contributed by atoms with Crippen LogP contribution in [0, 0.1) is 0 Å². The molecule has 112 valence electrons. The number of fused-ring (bicyclic) bond motifs is 2. The van der Waals surface area contributed by atoms with Crippen LogP contribution in [0.2, 0.25) is 0 Å². The van der Waals surface area contributed by atoms with E-state index in [9.17, 15) is 0 Å². The summed E-state index contributed by atoms with van der Waals surface area (Å²) in [6.45, 7) is 1.13. The predicted molar refractivity (Wildman–Crippen MR) is 86.7 cm³/mol. The molecule has 0 N–H and O–H groups in total. The van der Waals surface area contributed by atoms with E-state index in [-0.39, 0.29) is 5.66 Å². The van der Waals surface area contributed by atoms with Crippen LogP contribution in [0.1, 0.15) is 11.2 Å². The summed E-state index contributed by atoms with van der Waals surface area (Å²) < 4.78 is 21.2. The third-order valence-corrected chi connectivity index (χ3v) is 8.90. The number of rotatable bonds is 1. The zero-order chi connectivity index (χ0) is 14.6. The van der Waals surface area contributed by atoms with Crippen molar-refractivity contribution in [2.75, 3.05) is 17.9 Å². The van der Waals surface area contributed by atoms with Gasteiger partial charge in [0.05, 0.1) is 0 Å². The fraction of sp³-hybridized carbons (Fsp3) is 0.176. The van der Waals surface area contributed by atoms with Crippen LogP contribution in [0.25, 0.3) is 0 Å². The number of benzene rings is 2. The Morgan fingerprint density at radius 3 is 2.45 bits per heavy atom. The maximum absolute atomic E-state index is 6.48. The number of nitrogens with zero attached hydrogens (tertiary/aromatic N) is 1. The molecule has 1 unspecified atom stereocenters. The molecule has 2 aromatic carbocycles. The molecular weight excluding hydrogens is 297 g/mol. The topological polar surface area (TPSA) is 30.9 Å². The van der Waals surface area contributed by atoms with Crippen molar-refractivity contribution in [2.24, 2.45) is 0 Å². The Kier molecular flexibility index (Phi) is 2.36. The number of anilines is 1. The SMILES string of the molecule is C1=CN2c3ccccc3OP23(OCCO3)C1c1ccccc1. The van der Waals surface area contributed by atoms with E-state index in [2.05, 4.69) is 35.1 Å². The molecule has 0 saturated carbocycles. The molecule has 5 heteroatoms. The van der Waals surface area contributed by atoms with Crippen molar-refractivity contribution in [1.82, 2.24) is 0 Å². The molecule has 0 aliphatic carbocycles. The van der Waals surface area contributed by atoms with Crippen LogP contribution >= 0.6 is 7.43 Å². The first-order valence-corrected chi connectivity index (χ1v) is 9.47. The Morgan fingerprint density at radius 2 is 1.64 bits per heavy atom. The van der Waals surface area contributed by atoms with Gasteiger partial charge in [-0.3, -0.25) is 0 Å². The second-order valence-corrected chi connectivity index (χ2v) is 9.15. The molecule has 22 heavy (non-hydrogen) atoms. The van der Waals surface area contributed by atoms with Gasteiger partial charge in [0, 0.05) is 0 Å². The van der Waals surface area contributed by atoms with Crippen molar-refractivity contribution < 1.29 is 13.6 Å². The third-order valence-electron chi connectivity index (χ3n) is 4.52. The minimum absolute atomic E-state index is 0.0258. The van der Waals surface area contributed by atoms with Crippen LogP contribution in [0.5, 0.6) is 5.75 Å². The maximum atomic E-state index is 6.48. The Hall–Kier alpha value is -1.87. The summed E-state index contributed by atoms with van der Waals surface area (Å²) in [7, 11) is -3.43. The van der Waals surface area contributed by atoms with E-state index in [0.29, 0.717) is 13.2 Å². The molecule has 1 spiro atoms. The fourth-order valence-corrected chi connectivity index (χ4v) is 8.10. The van der Waals surface area contributed by atoms with Crippen LogP contribution in [0.3, 0.4) is 0 Å². The quantitative estimate of drug-likeness (QED) is 0.730. The van der Waals surface area contributed by atoms with Gasteiger partial charge in [-0.15, -0.1) is 0 Å². The van der Waals surface area contributed by atoms with E-state index in [1.165, 1.54) is 0 Å². The molecule has 1 atom stereocenters. The van der Waals surface area contributed by atoms with Crippen molar-refractivity contribution in [3.05, 3.63) is 72.4 Å². The Bertz CT molecular complexity index is 770. The Balaban J connectivity index is 1.74. The van der Waals surface area contributed by atoms with E-state index in [4.69, 9.17) is 13.6 Å². The molecule has 5 rings (SSSR count). The first-order chi connectivity index (χ1) is 10.8. The molecule has 4 nitrogen and oxygen atoms in total. The van der Waals surface area contributed by atoms with Gasteiger partial charge in [-0.05, 0) is 0 Å². The average molecular weight is 313 g/mol. The second-order valence-electron chi connectivity index (χ2n) is 5.67. The molecule has 3 aliphatic heterocycles. The fourth-order valence-electron chi connectivity index (χ4n) is 3.64. The van der Waals surface area contributed by atoms with Gasteiger partial charge in [0.15, 0.2) is 0 Å². The Morgan fingerprint density at radius 1 is 0.909 bits per heavy atom. The molecule has 0 amide bonds. The Labute approximate surface area is 129 Å². The van der Waals surface area contributed by atoms with E-state index < -0.39 is 7.43 Å². The summed E-state index contributed by atoms with van der Waals surface area (Å²) in [6, 6.07) is 18.4. The summed E-state index contributed by atoms with van der Waals surface area (Å²) in [6.07, 6.45) is 4.21. The van der Waals surface area contributed by atoms with Gasteiger partial charge in [0.1, 0.15) is 0 Å². The van der Waals surface area contributed by atoms with Gasteiger partial charge in [-0.25, -0.2) is 0 Å². The minimum atomic E-state index is -3.43. The van der Waals surface area contributed by atoms with Crippen molar-refractivity contribution in [1.29, 1.82) is 0 Å². The van der Waals surface area contributed by atoms with Gasteiger partial charge in [-0.1, -0.05) is 0 Å². The van der Waals surface area contributed by atoms with E-state index in [1.807, 2.05) is 36.4 Å².